The van der Waals surface area contributed by atoms with Gasteiger partial charge in [-0.3, -0.25) is 4.72 Å². The Kier molecular flexibility index (Phi) is 4.30. The zero-order valence-electron chi connectivity index (χ0n) is 10.4. The van der Waals surface area contributed by atoms with Crippen molar-refractivity contribution in [1.82, 2.24) is 4.72 Å². The summed E-state index contributed by atoms with van der Waals surface area (Å²) >= 11 is 0. The molecule has 19 heavy (non-hydrogen) atoms. The Bertz CT molecular complexity index is 582. The zero-order valence-corrected chi connectivity index (χ0v) is 11.2. The van der Waals surface area contributed by atoms with Crippen LogP contribution in [0.5, 0.6) is 0 Å². The second-order valence-corrected chi connectivity index (χ2v) is 5.22. The van der Waals surface area contributed by atoms with Gasteiger partial charge in [0.2, 0.25) is 0 Å². The average Bonchev–Trinajstić information content (AvgIpc) is 2.40. The van der Waals surface area contributed by atoms with E-state index in [2.05, 4.69) is 10.0 Å². The molecule has 5 heteroatoms. The number of para-hydroxylation sites is 1. The Balaban J connectivity index is 1.95. The van der Waals surface area contributed by atoms with Crippen molar-refractivity contribution < 1.29 is 9.00 Å². The van der Waals surface area contributed by atoms with Gasteiger partial charge in [0.1, 0.15) is 0 Å². The first-order chi connectivity index (χ1) is 9.15. The molecule has 0 aliphatic rings. The van der Waals surface area contributed by atoms with Crippen LogP contribution in [0.2, 0.25) is 0 Å². The van der Waals surface area contributed by atoms with Crippen LogP contribution >= 0.6 is 0 Å². The maximum Gasteiger partial charge on any atom is 0.331 e. The van der Waals surface area contributed by atoms with Crippen molar-refractivity contribution in [2.75, 3.05) is 5.32 Å². The summed E-state index contributed by atoms with van der Waals surface area (Å²) in [5.41, 5.74) is 1.73. The summed E-state index contributed by atoms with van der Waals surface area (Å²) in [5.74, 6) is 0. The van der Waals surface area contributed by atoms with Crippen LogP contribution in [0.4, 0.5) is 10.5 Å². The number of benzene rings is 2. The third kappa shape index (κ3) is 3.93. The quantitative estimate of drug-likeness (QED) is 0.904. The summed E-state index contributed by atoms with van der Waals surface area (Å²) < 4.78 is 14.3. The zero-order chi connectivity index (χ0) is 13.7. The SMILES string of the molecule is Cc1ccc([S@@](=O)NC(=O)Nc2ccccc2)cc1. The van der Waals surface area contributed by atoms with E-state index < -0.39 is 17.0 Å². The van der Waals surface area contributed by atoms with E-state index in [0.717, 1.165) is 5.56 Å². The molecular weight excluding hydrogens is 260 g/mol. The lowest BCUT2D eigenvalue weighted by molar-refractivity contribution is 0.257. The molecule has 0 saturated carbocycles. The highest BCUT2D eigenvalue weighted by atomic mass is 32.2. The molecule has 1 atom stereocenters. The Hall–Kier alpha value is -2.14. The minimum absolute atomic E-state index is 0.495. The number of carbonyl (C=O) groups excluding carboxylic acids is 1. The van der Waals surface area contributed by atoms with Crippen molar-refractivity contribution in [3.05, 3.63) is 60.2 Å². The topological polar surface area (TPSA) is 58.2 Å². The van der Waals surface area contributed by atoms with E-state index in [1.54, 1.807) is 24.3 Å². The molecule has 0 bridgehead atoms. The smallest absolute Gasteiger partial charge is 0.307 e. The highest BCUT2D eigenvalue weighted by Crippen LogP contribution is 2.08. The fourth-order valence-electron chi connectivity index (χ4n) is 1.48. The fraction of sp³-hybridized carbons (Fsp3) is 0.0714. The molecule has 2 aromatic carbocycles. The Morgan fingerprint density at radius 3 is 2.26 bits per heavy atom. The first kappa shape index (κ1) is 13.3. The van der Waals surface area contributed by atoms with E-state index in [1.165, 1.54) is 0 Å². The molecule has 2 aromatic rings. The number of hydrogen-bond donors (Lipinski definition) is 2. The largest absolute Gasteiger partial charge is 0.331 e. The summed E-state index contributed by atoms with van der Waals surface area (Å²) in [7, 11) is -1.56. The monoisotopic (exact) mass is 274 g/mol. The van der Waals surface area contributed by atoms with Gasteiger partial charge in [0, 0.05) is 5.69 Å². The van der Waals surface area contributed by atoms with E-state index in [1.807, 2.05) is 37.3 Å². The van der Waals surface area contributed by atoms with Gasteiger partial charge in [0.15, 0.2) is 11.0 Å². The van der Waals surface area contributed by atoms with E-state index in [0.29, 0.717) is 10.6 Å². The molecule has 0 heterocycles. The van der Waals surface area contributed by atoms with Crippen LogP contribution in [0.1, 0.15) is 5.56 Å². The van der Waals surface area contributed by atoms with Crippen molar-refractivity contribution in [1.29, 1.82) is 0 Å². The predicted octanol–water partition coefficient (Wildman–Crippen LogP) is 2.84. The molecule has 0 aliphatic carbocycles. The van der Waals surface area contributed by atoms with E-state index >= 15 is 0 Å². The van der Waals surface area contributed by atoms with Gasteiger partial charge < -0.3 is 5.32 Å². The summed E-state index contributed by atoms with van der Waals surface area (Å²) in [5, 5.41) is 2.61. The lowest BCUT2D eigenvalue weighted by Crippen LogP contribution is -2.30. The molecule has 0 aromatic heterocycles. The molecule has 0 aliphatic heterocycles. The van der Waals surface area contributed by atoms with Crippen molar-refractivity contribution in [2.24, 2.45) is 0 Å². The van der Waals surface area contributed by atoms with Gasteiger partial charge in [0.05, 0.1) is 4.90 Å². The van der Waals surface area contributed by atoms with Gasteiger partial charge in [-0.1, -0.05) is 35.9 Å². The van der Waals surface area contributed by atoms with Crippen molar-refractivity contribution >= 4 is 22.7 Å². The van der Waals surface area contributed by atoms with E-state index in [-0.39, 0.29) is 0 Å². The second kappa shape index (κ2) is 6.15. The normalized spacial score (nSPS) is 11.6. The minimum Gasteiger partial charge on any atom is -0.307 e. The Labute approximate surface area is 114 Å². The fourth-order valence-corrected chi connectivity index (χ4v) is 2.20. The number of amides is 2. The van der Waals surface area contributed by atoms with Crippen LogP contribution in [-0.4, -0.2) is 10.2 Å². The van der Waals surface area contributed by atoms with Gasteiger partial charge >= 0.3 is 6.03 Å². The number of nitrogens with one attached hydrogen (secondary N) is 2. The molecular formula is C14H14N2O2S. The molecule has 0 radical (unpaired) electrons. The Morgan fingerprint density at radius 2 is 1.63 bits per heavy atom. The van der Waals surface area contributed by atoms with Crippen molar-refractivity contribution in [2.45, 2.75) is 11.8 Å². The van der Waals surface area contributed by atoms with Crippen LogP contribution in [-0.2, 0) is 11.0 Å². The molecule has 0 unspecified atom stereocenters. The maximum absolute atomic E-state index is 11.9. The number of carbonyl (C=O) groups is 1. The first-order valence-electron chi connectivity index (χ1n) is 5.76. The molecule has 0 saturated heterocycles. The summed E-state index contributed by atoms with van der Waals surface area (Å²) in [6.07, 6.45) is 0. The van der Waals surface area contributed by atoms with Crippen LogP contribution in [0, 0.1) is 6.92 Å². The van der Waals surface area contributed by atoms with Crippen LogP contribution < -0.4 is 10.0 Å². The average molecular weight is 274 g/mol. The van der Waals surface area contributed by atoms with Crippen LogP contribution in [0.3, 0.4) is 0 Å². The predicted molar refractivity (Wildman–Crippen MR) is 76.2 cm³/mol. The number of aryl methyl sites for hydroxylation is 1. The highest BCUT2D eigenvalue weighted by molar-refractivity contribution is 7.83. The lowest BCUT2D eigenvalue weighted by Gasteiger charge is -2.07. The first-order valence-corrected chi connectivity index (χ1v) is 6.91. The minimum atomic E-state index is -1.56. The number of urea groups is 1. The number of anilines is 1. The lowest BCUT2D eigenvalue weighted by atomic mass is 10.2. The molecule has 98 valence electrons. The van der Waals surface area contributed by atoms with Gasteiger partial charge in [0.25, 0.3) is 0 Å². The molecule has 4 nitrogen and oxygen atoms in total. The van der Waals surface area contributed by atoms with E-state index in [4.69, 9.17) is 0 Å². The Morgan fingerprint density at radius 1 is 1.00 bits per heavy atom. The van der Waals surface area contributed by atoms with Gasteiger partial charge in [-0.25, -0.2) is 9.00 Å². The van der Waals surface area contributed by atoms with Crippen molar-refractivity contribution in [3.63, 3.8) is 0 Å². The maximum atomic E-state index is 11.9. The number of hydrogen-bond acceptors (Lipinski definition) is 2. The van der Waals surface area contributed by atoms with E-state index in [9.17, 15) is 9.00 Å². The number of rotatable bonds is 3. The molecule has 2 N–H and O–H groups in total. The van der Waals surface area contributed by atoms with Crippen LogP contribution in [0.25, 0.3) is 0 Å². The second-order valence-electron chi connectivity index (χ2n) is 4.00. The standard InChI is InChI=1S/C14H14N2O2S/c1-11-7-9-13(10-8-11)19(18)16-14(17)15-12-5-3-2-4-6-12/h2-10H,1H3,(H2,15,16,17)/t19-/m1/s1. The third-order valence-electron chi connectivity index (χ3n) is 2.45. The van der Waals surface area contributed by atoms with Gasteiger partial charge in [-0.05, 0) is 31.2 Å². The summed E-state index contributed by atoms with van der Waals surface area (Å²) in [6.45, 7) is 1.95. The van der Waals surface area contributed by atoms with Crippen molar-refractivity contribution in [3.8, 4) is 0 Å². The molecule has 2 rings (SSSR count). The molecule has 0 fully saturated rings. The summed E-state index contributed by atoms with van der Waals surface area (Å²) in [6, 6.07) is 15.7. The highest BCUT2D eigenvalue weighted by Gasteiger charge is 2.08. The molecule has 0 spiro atoms. The van der Waals surface area contributed by atoms with Gasteiger partial charge in [-0.2, -0.15) is 0 Å². The molecule has 2 amide bonds. The summed E-state index contributed by atoms with van der Waals surface area (Å²) in [4.78, 5) is 12.2. The van der Waals surface area contributed by atoms with Gasteiger partial charge in [-0.15, -0.1) is 0 Å². The van der Waals surface area contributed by atoms with Crippen LogP contribution in [0.15, 0.2) is 59.5 Å². The third-order valence-corrected chi connectivity index (χ3v) is 3.52.